The molecule has 0 spiro atoms. The van der Waals surface area contributed by atoms with Gasteiger partial charge in [-0.2, -0.15) is 0 Å². The summed E-state index contributed by atoms with van der Waals surface area (Å²) in [6.07, 6.45) is 17.6. The van der Waals surface area contributed by atoms with Crippen LogP contribution in [-0.2, 0) is 4.74 Å². The SMILES string of the molecule is C=C1C=CC(C)C(C)C1OC(CO)CCCC(C)CCCC(C)=CCCCC. The first-order chi connectivity index (χ1) is 13.4. The van der Waals surface area contributed by atoms with Crippen LogP contribution in [0.1, 0.15) is 92.4 Å². The van der Waals surface area contributed by atoms with Crippen LogP contribution in [0.4, 0.5) is 0 Å². The standard InChI is InChI=1S/C26H46O2/c1-7-8-9-12-20(2)13-10-14-21(3)15-11-16-25(19-27)28-26-23(5)18-17-22(4)24(26)6/h12,17-18,21-22,24-27H,5,7-11,13-16,19H2,1-4,6H3. The Hall–Kier alpha value is -0.860. The Bertz CT molecular complexity index is 491. The maximum absolute atomic E-state index is 9.77. The summed E-state index contributed by atoms with van der Waals surface area (Å²) >= 11 is 0. The van der Waals surface area contributed by atoms with Crippen LogP contribution >= 0.6 is 0 Å². The maximum atomic E-state index is 9.77. The second-order valence-electron chi connectivity index (χ2n) is 9.13. The number of rotatable bonds is 14. The van der Waals surface area contributed by atoms with Crippen molar-refractivity contribution in [3.8, 4) is 0 Å². The first kappa shape index (κ1) is 25.2. The van der Waals surface area contributed by atoms with Crippen molar-refractivity contribution in [3.05, 3.63) is 36.0 Å². The van der Waals surface area contributed by atoms with E-state index >= 15 is 0 Å². The van der Waals surface area contributed by atoms with Crippen LogP contribution in [0.3, 0.4) is 0 Å². The molecule has 5 unspecified atom stereocenters. The molecule has 1 N–H and O–H groups in total. The summed E-state index contributed by atoms with van der Waals surface area (Å²) in [5.41, 5.74) is 2.60. The molecule has 0 aromatic heterocycles. The van der Waals surface area contributed by atoms with Crippen molar-refractivity contribution >= 4 is 0 Å². The molecule has 0 amide bonds. The fourth-order valence-electron chi connectivity index (χ4n) is 4.00. The molecule has 5 atom stereocenters. The molecule has 0 heterocycles. The van der Waals surface area contributed by atoms with Crippen LogP contribution in [0.2, 0.25) is 0 Å². The summed E-state index contributed by atoms with van der Waals surface area (Å²) in [5, 5.41) is 9.77. The molecule has 1 aliphatic carbocycles. The number of hydrogen-bond donors (Lipinski definition) is 1. The number of ether oxygens (including phenoxy) is 1. The molecule has 0 fully saturated rings. The van der Waals surface area contributed by atoms with E-state index in [1.165, 1.54) is 44.9 Å². The third-order valence-corrected chi connectivity index (χ3v) is 6.37. The Morgan fingerprint density at radius 2 is 1.93 bits per heavy atom. The first-order valence-corrected chi connectivity index (χ1v) is 11.7. The fraction of sp³-hybridized carbons (Fsp3) is 0.769. The van der Waals surface area contributed by atoms with Gasteiger partial charge in [-0.15, -0.1) is 0 Å². The van der Waals surface area contributed by atoms with Crippen molar-refractivity contribution in [2.45, 2.75) is 105 Å². The highest BCUT2D eigenvalue weighted by Gasteiger charge is 2.29. The predicted molar refractivity (Wildman–Crippen MR) is 123 cm³/mol. The van der Waals surface area contributed by atoms with Crippen molar-refractivity contribution in [1.82, 2.24) is 0 Å². The lowest BCUT2D eigenvalue weighted by Crippen LogP contribution is -2.35. The lowest BCUT2D eigenvalue weighted by atomic mass is 9.82. The molecule has 0 bridgehead atoms. The minimum atomic E-state index is -0.0705. The van der Waals surface area contributed by atoms with Gasteiger partial charge in [0.2, 0.25) is 0 Å². The van der Waals surface area contributed by atoms with Gasteiger partial charge in [0.05, 0.1) is 18.8 Å². The zero-order valence-electron chi connectivity index (χ0n) is 19.3. The van der Waals surface area contributed by atoms with Gasteiger partial charge >= 0.3 is 0 Å². The zero-order chi connectivity index (χ0) is 20.9. The maximum Gasteiger partial charge on any atom is 0.0855 e. The van der Waals surface area contributed by atoms with Gasteiger partial charge in [-0.05, 0) is 55.9 Å². The van der Waals surface area contributed by atoms with Crippen LogP contribution < -0.4 is 0 Å². The van der Waals surface area contributed by atoms with Gasteiger partial charge in [0, 0.05) is 0 Å². The molecule has 0 aliphatic heterocycles. The van der Waals surface area contributed by atoms with Gasteiger partial charge in [-0.1, -0.05) is 90.2 Å². The number of allylic oxidation sites excluding steroid dienone is 3. The first-order valence-electron chi connectivity index (χ1n) is 11.7. The van der Waals surface area contributed by atoms with E-state index in [9.17, 15) is 5.11 Å². The minimum absolute atomic E-state index is 0.0389. The number of aliphatic hydroxyl groups excluding tert-OH is 1. The number of hydrogen-bond acceptors (Lipinski definition) is 2. The molecule has 1 aliphatic rings. The molecule has 0 aromatic rings. The van der Waals surface area contributed by atoms with Crippen LogP contribution in [-0.4, -0.2) is 23.9 Å². The number of aliphatic hydroxyl groups is 1. The van der Waals surface area contributed by atoms with E-state index in [-0.39, 0.29) is 18.8 Å². The van der Waals surface area contributed by atoms with E-state index in [4.69, 9.17) is 4.74 Å². The fourth-order valence-corrected chi connectivity index (χ4v) is 4.00. The van der Waals surface area contributed by atoms with Gasteiger partial charge in [0.25, 0.3) is 0 Å². The second-order valence-corrected chi connectivity index (χ2v) is 9.13. The summed E-state index contributed by atoms with van der Waals surface area (Å²) in [4.78, 5) is 0. The van der Waals surface area contributed by atoms with Crippen LogP contribution in [0.25, 0.3) is 0 Å². The molecule has 0 aromatic carbocycles. The Morgan fingerprint density at radius 1 is 1.21 bits per heavy atom. The van der Waals surface area contributed by atoms with E-state index in [0.717, 1.165) is 24.3 Å². The largest absolute Gasteiger partial charge is 0.394 e. The second kappa shape index (κ2) is 14.2. The van der Waals surface area contributed by atoms with Crippen molar-refractivity contribution in [3.63, 3.8) is 0 Å². The average molecular weight is 391 g/mol. The average Bonchev–Trinajstić information content (AvgIpc) is 2.67. The Balaban J connectivity index is 2.26. The monoisotopic (exact) mass is 390 g/mol. The van der Waals surface area contributed by atoms with Crippen molar-refractivity contribution in [2.75, 3.05) is 6.61 Å². The molecule has 0 saturated carbocycles. The van der Waals surface area contributed by atoms with E-state index in [2.05, 4.69) is 59.4 Å². The van der Waals surface area contributed by atoms with E-state index < -0.39 is 0 Å². The van der Waals surface area contributed by atoms with Gasteiger partial charge < -0.3 is 9.84 Å². The molecular formula is C26H46O2. The van der Waals surface area contributed by atoms with E-state index in [1.807, 2.05) is 0 Å². The summed E-state index contributed by atoms with van der Waals surface area (Å²) in [5.74, 6) is 1.66. The van der Waals surface area contributed by atoms with Crippen LogP contribution in [0.15, 0.2) is 36.0 Å². The molecule has 0 saturated heterocycles. The highest BCUT2D eigenvalue weighted by Crippen LogP contribution is 2.31. The lowest BCUT2D eigenvalue weighted by Gasteiger charge is -2.34. The molecule has 2 heteroatoms. The van der Waals surface area contributed by atoms with E-state index in [1.54, 1.807) is 5.57 Å². The van der Waals surface area contributed by atoms with Gasteiger partial charge in [-0.25, -0.2) is 0 Å². The lowest BCUT2D eigenvalue weighted by molar-refractivity contribution is -0.0544. The Labute approximate surface area is 175 Å². The molecule has 0 radical (unpaired) electrons. The van der Waals surface area contributed by atoms with Crippen molar-refractivity contribution in [2.24, 2.45) is 17.8 Å². The molecule has 2 nitrogen and oxygen atoms in total. The molecule has 162 valence electrons. The zero-order valence-corrected chi connectivity index (χ0v) is 19.3. The normalized spacial score (nSPS) is 25.1. The van der Waals surface area contributed by atoms with Crippen LogP contribution in [0, 0.1) is 17.8 Å². The van der Waals surface area contributed by atoms with Crippen LogP contribution in [0.5, 0.6) is 0 Å². The molecular weight excluding hydrogens is 344 g/mol. The van der Waals surface area contributed by atoms with Gasteiger partial charge in [0.15, 0.2) is 0 Å². The smallest absolute Gasteiger partial charge is 0.0855 e. The third-order valence-electron chi connectivity index (χ3n) is 6.37. The third kappa shape index (κ3) is 9.56. The Kier molecular flexibility index (Phi) is 12.7. The van der Waals surface area contributed by atoms with Gasteiger partial charge in [0.1, 0.15) is 0 Å². The van der Waals surface area contributed by atoms with Crippen molar-refractivity contribution in [1.29, 1.82) is 0 Å². The summed E-state index contributed by atoms with van der Waals surface area (Å²) in [6.45, 7) is 15.6. The summed E-state index contributed by atoms with van der Waals surface area (Å²) < 4.78 is 6.27. The van der Waals surface area contributed by atoms with E-state index in [0.29, 0.717) is 11.8 Å². The Morgan fingerprint density at radius 3 is 2.61 bits per heavy atom. The topological polar surface area (TPSA) is 29.5 Å². The quantitative estimate of drug-likeness (QED) is 0.250. The molecule has 28 heavy (non-hydrogen) atoms. The highest BCUT2D eigenvalue weighted by molar-refractivity contribution is 5.25. The summed E-state index contributed by atoms with van der Waals surface area (Å²) in [7, 11) is 0. The molecule has 1 rings (SSSR count). The number of unbranched alkanes of at least 4 members (excludes halogenated alkanes) is 2. The highest BCUT2D eigenvalue weighted by atomic mass is 16.5. The predicted octanol–water partition coefficient (Wildman–Crippen LogP) is 7.24. The summed E-state index contributed by atoms with van der Waals surface area (Å²) in [6, 6.07) is 0. The van der Waals surface area contributed by atoms with Crippen molar-refractivity contribution < 1.29 is 9.84 Å². The minimum Gasteiger partial charge on any atom is -0.394 e. The van der Waals surface area contributed by atoms with Gasteiger partial charge in [-0.3, -0.25) is 0 Å².